The van der Waals surface area contributed by atoms with Crippen molar-refractivity contribution in [1.82, 2.24) is 24.4 Å². The highest BCUT2D eigenvalue weighted by Crippen LogP contribution is 2.39. The van der Waals surface area contributed by atoms with Gasteiger partial charge in [-0.15, -0.1) is 0 Å². The monoisotopic (exact) mass is 726 g/mol. The molecule has 0 bridgehead atoms. The summed E-state index contributed by atoms with van der Waals surface area (Å²) >= 11 is 4.99. The number of nitrogens with zero attached hydrogens (tertiary/aromatic N) is 5. The summed E-state index contributed by atoms with van der Waals surface area (Å²) < 4.78 is 8.49. The summed E-state index contributed by atoms with van der Waals surface area (Å²) in [6.07, 6.45) is -1.19. The van der Waals surface area contributed by atoms with E-state index in [1.54, 1.807) is 25.7 Å². The number of anilines is 1. The Labute approximate surface area is 285 Å². The van der Waals surface area contributed by atoms with E-state index in [2.05, 4.69) is 30.9 Å². The van der Waals surface area contributed by atoms with Crippen LogP contribution in [-0.4, -0.2) is 88.5 Å². The molecule has 0 radical (unpaired) electrons. The lowest BCUT2D eigenvalue weighted by Gasteiger charge is -2.33. The van der Waals surface area contributed by atoms with Gasteiger partial charge in [-0.25, -0.2) is 15.0 Å². The number of ether oxygens (including phenoxy) is 1. The van der Waals surface area contributed by atoms with E-state index in [4.69, 9.17) is 10.5 Å². The molecule has 14 heteroatoms. The lowest BCUT2D eigenvalue weighted by atomic mass is 9.71. The second kappa shape index (κ2) is 14.0. The predicted molar refractivity (Wildman–Crippen MR) is 182 cm³/mol. The number of hydrogen-bond donors (Lipinski definition) is 3. The van der Waals surface area contributed by atoms with Crippen molar-refractivity contribution in [2.45, 2.75) is 72.1 Å². The zero-order valence-electron chi connectivity index (χ0n) is 26.9. The molecule has 2 aliphatic rings. The summed E-state index contributed by atoms with van der Waals surface area (Å²) in [7, 11) is 0. The van der Waals surface area contributed by atoms with E-state index < -0.39 is 30.0 Å². The lowest BCUT2D eigenvalue weighted by molar-refractivity contribution is -0.133. The lowest BCUT2D eigenvalue weighted by Crippen LogP contribution is -2.38. The first-order valence-electron chi connectivity index (χ1n) is 15.2. The maximum absolute atomic E-state index is 13.9. The van der Waals surface area contributed by atoms with Gasteiger partial charge in [-0.3, -0.25) is 19.0 Å². The van der Waals surface area contributed by atoms with E-state index in [0.717, 1.165) is 10.0 Å². The number of halogens is 1. The van der Waals surface area contributed by atoms with E-state index in [9.17, 15) is 24.6 Å². The number of thioether (sulfide) groups is 1. The molecule has 1 fully saturated rings. The Morgan fingerprint density at radius 1 is 1.09 bits per heavy atom. The quantitative estimate of drug-likeness (QED) is 0.194. The van der Waals surface area contributed by atoms with Gasteiger partial charge in [0.15, 0.2) is 29.3 Å². The van der Waals surface area contributed by atoms with Crippen molar-refractivity contribution in [1.29, 1.82) is 0 Å². The number of aliphatic hydroxyl groups is 2. The molecule has 250 valence electrons. The van der Waals surface area contributed by atoms with Gasteiger partial charge in [0.05, 0.1) is 12.4 Å². The molecule has 4 atom stereocenters. The summed E-state index contributed by atoms with van der Waals surface area (Å²) in [4.78, 5) is 54.2. The molecular weight excluding hydrogens is 688 g/mol. The number of ketones is 2. The Hall–Kier alpha value is -3.43. The van der Waals surface area contributed by atoms with Crippen LogP contribution >= 0.6 is 27.7 Å². The molecule has 12 nitrogen and oxygen atoms in total. The topological polar surface area (TPSA) is 174 Å². The number of hydrogen-bond acceptors (Lipinski definition) is 11. The maximum Gasteiger partial charge on any atom is 0.223 e. The zero-order valence-corrected chi connectivity index (χ0v) is 29.3. The summed E-state index contributed by atoms with van der Waals surface area (Å²) in [5, 5.41) is 21.6. The Morgan fingerprint density at radius 3 is 2.53 bits per heavy atom. The van der Waals surface area contributed by atoms with Crippen LogP contribution in [-0.2, 0) is 25.7 Å². The van der Waals surface area contributed by atoms with Crippen molar-refractivity contribution in [3.63, 3.8) is 0 Å². The van der Waals surface area contributed by atoms with E-state index >= 15 is 0 Å². The molecule has 0 unspecified atom stereocenters. The summed E-state index contributed by atoms with van der Waals surface area (Å²) in [5.74, 6) is 0.569. The maximum atomic E-state index is 13.9. The average molecular weight is 728 g/mol. The Balaban J connectivity index is 1.26. The molecule has 0 saturated carbocycles. The minimum Gasteiger partial charge on any atom is -0.387 e. The van der Waals surface area contributed by atoms with Crippen molar-refractivity contribution < 1.29 is 29.3 Å². The molecule has 0 spiro atoms. The minimum atomic E-state index is -1.22. The number of aliphatic hydroxyl groups excluding tert-OH is 2. The van der Waals surface area contributed by atoms with Crippen molar-refractivity contribution in [2.24, 2.45) is 5.41 Å². The molecule has 2 aromatic heterocycles. The number of carbonyl (C=O) groups is 3. The molecule has 5 rings (SSSR count). The zero-order chi connectivity index (χ0) is 34.2. The van der Waals surface area contributed by atoms with E-state index in [0.29, 0.717) is 58.1 Å². The van der Waals surface area contributed by atoms with Gasteiger partial charge in [0.25, 0.3) is 0 Å². The Morgan fingerprint density at radius 2 is 1.81 bits per heavy atom. The van der Waals surface area contributed by atoms with Gasteiger partial charge >= 0.3 is 0 Å². The highest BCUT2D eigenvalue weighted by atomic mass is 79.9. The summed E-state index contributed by atoms with van der Waals surface area (Å²) in [5.41, 5.74) is 8.35. The summed E-state index contributed by atoms with van der Waals surface area (Å²) in [6, 6.07) is 7.71. The number of imidazole rings is 1. The Kier molecular flexibility index (Phi) is 10.4. The van der Waals surface area contributed by atoms with E-state index in [-0.39, 0.29) is 29.7 Å². The highest BCUT2D eigenvalue weighted by Gasteiger charge is 2.44. The number of Topliss-reactive ketones (excluding diaryl/α,β-unsaturated/α-hetero) is 2. The SMILES string of the molecule is CC1=C(C)C(=O)C(C(C)(C)CC(=O)N(CCSC[C@H]2O[C@@H](n3cnc4c(N)ncnc43)[C@H](O)[C@@H]2O)Cc2cccc(Br)c2)=C(C)C1=O. The number of carbonyl (C=O) groups excluding carboxylic acids is 3. The first-order valence-corrected chi connectivity index (χ1v) is 17.2. The number of benzene rings is 1. The van der Waals surface area contributed by atoms with Crippen molar-refractivity contribution >= 4 is 62.1 Å². The van der Waals surface area contributed by atoms with Crippen LogP contribution in [0.25, 0.3) is 11.2 Å². The standard InChI is InChI=1S/C33H39BrN6O6S/c1-17-18(2)27(43)24(19(3)26(17)42)33(4,5)12-23(41)39(13-20-7-6-8-21(34)11-20)9-10-47-14-22-28(44)29(45)32(46-22)40-16-38-25-30(35)36-15-37-31(25)40/h6-8,11,15-16,22,28-29,32,44-45H,9-10,12-14H2,1-5H3,(H2,35,36,37)/t22-,28-,29-,32-/m1/s1. The minimum absolute atomic E-state index is 0.0367. The first-order chi connectivity index (χ1) is 22.2. The molecule has 4 N–H and O–H groups in total. The van der Waals surface area contributed by atoms with Crippen LogP contribution in [0.15, 0.2) is 63.7 Å². The molecular formula is C33H39BrN6O6S. The van der Waals surface area contributed by atoms with Gasteiger partial charge < -0.3 is 25.6 Å². The Bertz CT molecular complexity index is 1790. The second-order valence-corrected chi connectivity index (χ2v) is 14.7. The van der Waals surface area contributed by atoms with Crippen LogP contribution in [0.5, 0.6) is 0 Å². The predicted octanol–water partition coefficient (Wildman–Crippen LogP) is 3.77. The van der Waals surface area contributed by atoms with Crippen molar-refractivity contribution in [3.8, 4) is 0 Å². The van der Waals surface area contributed by atoms with Gasteiger partial charge in [0, 0.05) is 63.2 Å². The fraction of sp³-hybridized carbons (Fsp3) is 0.455. The fourth-order valence-corrected chi connectivity index (χ4v) is 7.63. The first kappa shape index (κ1) is 34.9. The third kappa shape index (κ3) is 7.07. The van der Waals surface area contributed by atoms with Crippen LogP contribution in [0.1, 0.15) is 52.8 Å². The number of aromatic nitrogens is 4. The molecule has 1 saturated heterocycles. The molecule has 1 aliphatic carbocycles. The van der Waals surface area contributed by atoms with Gasteiger partial charge in [-0.2, -0.15) is 11.8 Å². The van der Waals surface area contributed by atoms with Crippen LogP contribution in [0.4, 0.5) is 5.82 Å². The van der Waals surface area contributed by atoms with Crippen LogP contribution in [0.3, 0.4) is 0 Å². The van der Waals surface area contributed by atoms with Crippen LogP contribution in [0, 0.1) is 5.41 Å². The molecule has 1 aliphatic heterocycles. The number of rotatable bonds is 11. The van der Waals surface area contributed by atoms with E-state index in [1.165, 1.54) is 29.0 Å². The second-order valence-electron chi connectivity index (χ2n) is 12.6. The number of nitrogen functional groups attached to an aromatic ring is 1. The van der Waals surface area contributed by atoms with E-state index in [1.807, 2.05) is 38.1 Å². The van der Waals surface area contributed by atoms with Gasteiger partial charge in [-0.1, -0.05) is 41.9 Å². The smallest absolute Gasteiger partial charge is 0.223 e. The third-order valence-electron chi connectivity index (χ3n) is 8.86. The normalized spacial score (nSPS) is 22.1. The van der Waals surface area contributed by atoms with Gasteiger partial charge in [0.1, 0.15) is 24.1 Å². The van der Waals surface area contributed by atoms with Crippen molar-refractivity contribution in [2.75, 3.05) is 23.8 Å². The van der Waals surface area contributed by atoms with Gasteiger partial charge in [0.2, 0.25) is 5.91 Å². The number of fused-ring (bicyclic) bond motifs is 1. The molecule has 3 heterocycles. The van der Waals surface area contributed by atoms with Crippen LogP contribution in [0.2, 0.25) is 0 Å². The molecule has 3 aromatic rings. The summed E-state index contributed by atoms with van der Waals surface area (Å²) in [6.45, 7) is 9.37. The molecule has 1 amide bonds. The molecule has 47 heavy (non-hydrogen) atoms. The average Bonchev–Trinajstić information content (AvgIpc) is 3.57. The highest BCUT2D eigenvalue weighted by molar-refractivity contribution is 9.10. The fourth-order valence-electron chi connectivity index (χ4n) is 6.16. The van der Waals surface area contributed by atoms with Crippen LogP contribution < -0.4 is 5.73 Å². The van der Waals surface area contributed by atoms with Gasteiger partial charge in [-0.05, 0) is 38.5 Å². The number of amides is 1. The number of allylic oxidation sites excluding steroid dienone is 4. The number of nitrogens with two attached hydrogens (primary N) is 1. The molecule has 1 aromatic carbocycles. The van der Waals surface area contributed by atoms with Crippen molar-refractivity contribution in [3.05, 3.63) is 69.2 Å². The largest absolute Gasteiger partial charge is 0.387 e. The third-order valence-corrected chi connectivity index (χ3v) is 10.4.